The number of para-hydroxylation sites is 2. The van der Waals surface area contributed by atoms with Crippen molar-refractivity contribution in [3.8, 4) is 33.6 Å². The molecule has 0 aliphatic carbocycles. The Balaban J connectivity index is 1.09. The van der Waals surface area contributed by atoms with Gasteiger partial charge in [0.2, 0.25) is 11.2 Å². The highest BCUT2D eigenvalue weighted by molar-refractivity contribution is 7.85. The van der Waals surface area contributed by atoms with E-state index in [1.165, 1.54) is 32.4 Å². The predicted molar refractivity (Wildman–Crippen MR) is 248 cm³/mol. The number of rotatable bonds is 7. The van der Waals surface area contributed by atoms with Gasteiger partial charge in [0.25, 0.3) is 0 Å². The minimum atomic E-state index is -3.07. The van der Waals surface area contributed by atoms with E-state index in [-0.39, 0.29) is 0 Å². The van der Waals surface area contributed by atoms with Gasteiger partial charge in [0, 0.05) is 61.3 Å². The molecule has 0 unspecified atom stereocenters. The molecule has 4 heteroatoms. The zero-order valence-electron chi connectivity index (χ0n) is 32.2. The van der Waals surface area contributed by atoms with E-state index in [2.05, 4.69) is 167 Å². The van der Waals surface area contributed by atoms with Gasteiger partial charge in [0.05, 0.1) is 16.4 Å². The van der Waals surface area contributed by atoms with Crippen LogP contribution in [-0.4, -0.2) is 4.57 Å². The SMILES string of the molecule is O=P(c1ccccc1)(c1ccccc1)c1ccc(-c2cccc(-c3ccc4c(c3)c3c5c6ccccc6c[n+](-c6ccccc6)c5ccc3n4-c3ccccc3)c2)cc1. The Labute approximate surface area is 343 Å². The van der Waals surface area contributed by atoms with E-state index in [1.807, 2.05) is 72.8 Å². The molecule has 0 saturated heterocycles. The Bertz CT molecular complexity index is 3340. The summed E-state index contributed by atoms with van der Waals surface area (Å²) in [6.07, 6.45) is 2.26. The molecule has 11 rings (SSSR count). The molecule has 0 aliphatic rings. The maximum atomic E-state index is 15.0. The highest BCUT2D eigenvalue weighted by Gasteiger charge is 2.29. The third-order valence-corrected chi connectivity index (χ3v) is 14.8. The number of pyridine rings is 1. The molecular weight excluding hydrogens is 736 g/mol. The highest BCUT2D eigenvalue weighted by atomic mass is 31.2. The smallest absolute Gasteiger partial charge is 0.219 e. The molecule has 59 heavy (non-hydrogen) atoms. The van der Waals surface area contributed by atoms with Gasteiger partial charge in [-0.25, -0.2) is 0 Å². The van der Waals surface area contributed by atoms with Crippen molar-refractivity contribution in [2.45, 2.75) is 0 Å². The number of aromatic nitrogens is 2. The third-order valence-electron chi connectivity index (χ3n) is 11.7. The van der Waals surface area contributed by atoms with Crippen molar-refractivity contribution in [2.24, 2.45) is 0 Å². The lowest BCUT2D eigenvalue weighted by molar-refractivity contribution is -0.565. The molecule has 0 spiro atoms. The van der Waals surface area contributed by atoms with Gasteiger partial charge in [-0.2, -0.15) is 4.57 Å². The highest BCUT2D eigenvalue weighted by Crippen LogP contribution is 2.44. The van der Waals surface area contributed by atoms with Crippen molar-refractivity contribution in [3.63, 3.8) is 0 Å². The first kappa shape index (κ1) is 34.9. The van der Waals surface area contributed by atoms with Gasteiger partial charge in [-0.05, 0) is 64.7 Å². The Morgan fingerprint density at radius 1 is 0.390 bits per heavy atom. The normalized spacial score (nSPS) is 11.8. The minimum Gasteiger partial charge on any atom is -0.309 e. The second-order valence-electron chi connectivity index (χ2n) is 15.1. The van der Waals surface area contributed by atoms with Crippen molar-refractivity contribution >= 4 is 66.5 Å². The van der Waals surface area contributed by atoms with Crippen LogP contribution in [-0.2, 0) is 4.57 Å². The number of nitrogens with zero attached hydrogens (tertiary/aromatic N) is 2. The van der Waals surface area contributed by atoms with Gasteiger partial charge >= 0.3 is 0 Å². The first-order valence-corrected chi connectivity index (χ1v) is 21.7. The van der Waals surface area contributed by atoms with Gasteiger partial charge in [-0.3, -0.25) is 0 Å². The molecule has 0 saturated carbocycles. The molecule has 0 bridgehead atoms. The zero-order valence-corrected chi connectivity index (χ0v) is 33.1. The van der Waals surface area contributed by atoms with Crippen LogP contribution < -0.4 is 20.5 Å². The van der Waals surface area contributed by atoms with Crippen LogP contribution in [0.3, 0.4) is 0 Å². The van der Waals surface area contributed by atoms with E-state index < -0.39 is 7.14 Å². The fourth-order valence-corrected chi connectivity index (χ4v) is 11.6. The van der Waals surface area contributed by atoms with E-state index >= 15 is 4.57 Å². The van der Waals surface area contributed by atoms with E-state index in [9.17, 15) is 0 Å². The Kier molecular flexibility index (Phi) is 8.43. The standard InChI is InChI=1S/C55H38N2OP/c58-59(46-23-9-3-10-24-46,47-25-11-4-12-26-47)48-31-28-39(29-32-48)40-17-15-18-41(36-40)42-30-33-51-50(37-42)55-53(57(51)45-21-7-2-8-22-45)35-34-52-54(55)49-27-14-13-16-43(49)38-56(52)44-19-5-1-6-20-44/h1-38H/q+1. The molecule has 11 aromatic rings. The summed E-state index contributed by atoms with van der Waals surface area (Å²) in [7, 11) is -3.07. The van der Waals surface area contributed by atoms with Gasteiger partial charge < -0.3 is 9.13 Å². The summed E-state index contributed by atoms with van der Waals surface area (Å²) >= 11 is 0. The topological polar surface area (TPSA) is 25.9 Å². The maximum Gasteiger partial charge on any atom is 0.219 e. The summed E-state index contributed by atoms with van der Waals surface area (Å²) in [5.74, 6) is 0. The van der Waals surface area contributed by atoms with E-state index in [4.69, 9.17) is 0 Å². The van der Waals surface area contributed by atoms with Crippen LogP contribution in [0.2, 0.25) is 0 Å². The first-order valence-electron chi connectivity index (χ1n) is 20.0. The molecule has 0 N–H and O–H groups in total. The summed E-state index contributed by atoms with van der Waals surface area (Å²) in [6, 6.07) is 78.4. The van der Waals surface area contributed by atoms with Crippen LogP contribution in [0, 0.1) is 0 Å². The van der Waals surface area contributed by atoms with Crippen molar-refractivity contribution < 1.29 is 9.13 Å². The van der Waals surface area contributed by atoms with E-state index in [0.29, 0.717) is 0 Å². The molecule has 0 aliphatic heterocycles. The summed E-state index contributed by atoms with van der Waals surface area (Å²) < 4.78 is 19.8. The average molecular weight is 774 g/mol. The number of hydrogen-bond acceptors (Lipinski definition) is 1. The van der Waals surface area contributed by atoms with Crippen molar-refractivity contribution in [1.29, 1.82) is 0 Å². The summed E-state index contributed by atoms with van der Waals surface area (Å²) in [4.78, 5) is 0. The fraction of sp³-hybridized carbons (Fsp3) is 0. The minimum absolute atomic E-state index is 0.823. The molecule has 2 aromatic heterocycles. The van der Waals surface area contributed by atoms with Crippen molar-refractivity contribution in [2.75, 3.05) is 0 Å². The Morgan fingerprint density at radius 2 is 0.932 bits per heavy atom. The number of hydrogen-bond donors (Lipinski definition) is 0. The van der Waals surface area contributed by atoms with Crippen LogP contribution >= 0.6 is 7.14 Å². The van der Waals surface area contributed by atoms with Crippen LogP contribution in [0.1, 0.15) is 0 Å². The fourth-order valence-electron chi connectivity index (χ4n) is 8.92. The lowest BCUT2D eigenvalue weighted by atomic mass is 9.96. The molecule has 2 heterocycles. The Morgan fingerprint density at radius 3 is 1.63 bits per heavy atom. The van der Waals surface area contributed by atoms with Gasteiger partial charge in [0.1, 0.15) is 0 Å². The Hall–Kier alpha value is -7.32. The first-order chi connectivity index (χ1) is 29.1. The molecular formula is C55H38N2OP+. The van der Waals surface area contributed by atoms with Crippen molar-refractivity contribution in [1.82, 2.24) is 4.57 Å². The monoisotopic (exact) mass is 773 g/mol. The van der Waals surface area contributed by atoms with Crippen LogP contribution in [0.5, 0.6) is 0 Å². The van der Waals surface area contributed by atoms with Gasteiger partial charge in [0.15, 0.2) is 13.3 Å². The van der Waals surface area contributed by atoms with Crippen LogP contribution in [0.4, 0.5) is 0 Å². The predicted octanol–water partition coefficient (Wildman–Crippen LogP) is 12.3. The average Bonchev–Trinajstić information content (AvgIpc) is 3.66. The summed E-state index contributed by atoms with van der Waals surface area (Å²) in [5, 5.41) is 8.58. The second kappa shape index (κ2) is 14.3. The molecule has 0 radical (unpaired) electrons. The van der Waals surface area contributed by atoms with Crippen LogP contribution in [0.15, 0.2) is 231 Å². The number of fused-ring (bicyclic) bond motifs is 7. The van der Waals surface area contributed by atoms with E-state index in [0.717, 1.165) is 60.6 Å². The lowest BCUT2D eigenvalue weighted by Gasteiger charge is -2.20. The summed E-state index contributed by atoms with van der Waals surface area (Å²) in [5.41, 5.74) is 10.2. The molecule has 3 nitrogen and oxygen atoms in total. The molecule has 0 fully saturated rings. The summed E-state index contributed by atoms with van der Waals surface area (Å²) in [6.45, 7) is 0. The van der Waals surface area contributed by atoms with Gasteiger partial charge in [-0.1, -0.05) is 164 Å². The largest absolute Gasteiger partial charge is 0.309 e. The molecule has 9 aromatic carbocycles. The quantitative estimate of drug-likeness (QED) is 0.0900. The number of benzene rings is 9. The molecule has 0 atom stereocenters. The molecule has 0 amide bonds. The molecule has 278 valence electrons. The van der Waals surface area contributed by atoms with E-state index in [1.54, 1.807) is 0 Å². The second-order valence-corrected chi connectivity index (χ2v) is 17.9. The third kappa shape index (κ3) is 5.82. The zero-order chi connectivity index (χ0) is 39.3. The maximum absolute atomic E-state index is 15.0. The van der Waals surface area contributed by atoms with Crippen molar-refractivity contribution in [3.05, 3.63) is 231 Å². The van der Waals surface area contributed by atoms with Crippen LogP contribution in [0.25, 0.3) is 77.1 Å². The lowest BCUT2D eigenvalue weighted by Crippen LogP contribution is -2.31. The van der Waals surface area contributed by atoms with Gasteiger partial charge in [-0.15, -0.1) is 0 Å².